The Balaban J connectivity index is 2.04. The van der Waals surface area contributed by atoms with E-state index in [2.05, 4.69) is 17.1 Å². The lowest BCUT2D eigenvalue weighted by atomic mass is 10.0. The summed E-state index contributed by atoms with van der Waals surface area (Å²) in [5, 5.41) is 0.614. The first kappa shape index (κ1) is 17.2. The molecule has 1 aromatic carbocycles. The molecule has 0 unspecified atom stereocenters. The normalized spacial score (nSPS) is 13.6. The third kappa shape index (κ3) is 3.05. The van der Waals surface area contributed by atoms with Crippen LogP contribution in [0.5, 0.6) is 5.88 Å². The molecule has 1 aliphatic carbocycles. The quantitative estimate of drug-likeness (QED) is 0.700. The fourth-order valence-electron chi connectivity index (χ4n) is 3.47. The van der Waals surface area contributed by atoms with Crippen LogP contribution in [0.15, 0.2) is 59.6 Å². The number of fused-ring (bicyclic) bond motifs is 1. The Labute approximate surface area is 157 Å². The second kappa shape index (κ2) is 7.19. The number of aryl methyl sites for hydroxylation is 1. The summed E-state index contributed by atoms with van der Waals surface area (Å²) >= 11 is 0. The molecule has 0 amide bonds. The third-order valence-corrected chi connectivity index (χ3v) is 4.77. The maximum absolute atomic E-state index is 13.6. The van der Waals surface area contributed by atoms with Crippen molar-refractivity contribution in [3.8, 4) is 17.0 Å². The molecule has 136 valence electrons. The van der Waals surface area contributed by atoms with Crippen LogP contribution in [-0.4, -0.2) is 21.6 Å². The van der Waals surface area contributed by atoms with Crippen molar-refractivity contribution in [2.24, 2.45) is 0 Å². The van der Waals surface area contributed by atoms with Gasteiger partial charge in [0.25, 0.3) is 5.56 Å². The number of benzene rings is 1. The average Bonchev–Trinajstić information content (AvgIpc) is 2.73. The molecule has 0 saturated heterocycles. The fraction of sp³-hybridized carbons (Fsp3) is 0.227. The van der Waals surface area contributed by atoms with E-state index in [-0.39, 0.29) is 5.56 Å². The number of nitrogens with zero attached hydrogens (tertiary/aromatic N) is 3. The van der Waals surface area contributed by atoms with Crippen LogP contribution in [0.4, 0.5) is 0 Å². The molecule has 5 nitrogen and oxygen atoms in total. The van der Waals surface area contributed by atoms with E-state index >= 15 is 0 Å². The van der Waals surface area contributed by atoms with Crippen molar-refractivity contribution in [2.45, 2.75) is 26.2 Å². The van der Waals surface area contributed by atoms with Crippen LogP contribution in [0.2, 0.25) is 0 Å². The Morgan fingerprint density at radius 1 is 1.22 bits per heavy atom. The van der Waals surface area contributed by atoms with E-state index in [1.807, 2.05) is 43.3 Å². The Morgan fingerprint density at radius 3 is 2.85 bits per heavy atom. The minimum atomic E-state index is -0.0407. The lowest BCUT2D eigenvalue weighted by Crippen LogP contribution is -2.25. The molecular formula is C22H21N3O2. The van der Waals surface area contributed by atoms with Gasteiger partial charge < -0.3 is 4.74 Å². The van der Waals surface area contributed by atoms with Gasteiger partial charge in [0, 0.05) is 24.4 Å². The van der Waals surface area contributed by atoms with E-state index in [1.165, 1.54) is 0 Å². The summed E-state index contributed by atoms with van der Waals surface area (Å²) in [7, 11) is 1.58. The second-order valence-electron chi connectivity index (χ2n) is 6.42. The van der Waals surface area contributed by atoms with Gasteiger partial charge in [0.1, 0.15) is 5.82 Å². The number of aromatic nitrogens is 3. The summed E-state index contributed by atoms with van der Waals surface area (Å²) < 4.78 is 7.00. The van der Waals surface area contributed by atoms with Crippen LogP contribution in [0.1, 0.15) is 25.6 Å². The number of pyridine rings is 1. The molecular weight excluding hydrogens is 338 g/mol. The van der Waals surface area contributed by atoms with Crippen LogP contribution >= 0.6 is 0 Å². The number of hydrogen-bond donors (Lipinski definition) is 0. The van der Waals surface area contributed by atoms with Crippen LogP contribution in [0.3, 0.4) is 0 Å². The Morgan fingerprint density at radius 2 is 2.11 bits per heavy atom. The predicted molar refractivity (Wildman–Crippen MR) is 108 cm³/mol. The van der Waals surface area contributed by atoms with Crippen molar-refractivity contribution in [3.63, 3.8) is 0 Å². The van der Waals surface area contributed by atoms with Crippen LogP contribution in [0, 0.1) is 0 Å². The van der Waals surface area contributed by atoms with Crippen molar-refractivity contribution in [1.29, 1.82) is 0 Å². The molecule has 0 bridgehead atoms. The molecule has 5 heteroatoms. The highest BCUT2D eigenvalue weighted by Crippen LogP contribution is 2.28. The summed E-state index contributed by atoms with van der Waals surface area (Å²) in [6.45, 7) is 2.02. The first-order valence-electron chi connectivity index (χ1n) is 9.15. The van der Waals surface area contributed by atoms with Crippen LogP contribution in [0.25, 0.3) is 27.7 Å². The Bertz CT molecular complexity index is 1130. The molecule has 1 aliphatic rings. The number of rotatable bonds is 4. The van der Waals surface area contributed by atoms with Crippen molar-refractivity contribution in [1.82, 2.24) is 14.5 Å². The molecule has 0 aliphatic heterocycles. The monoisotopic (exact) mass is 359 g/mol. The highest BCUT2D eigenvalue weighted by atomic mass is 16.5. The van der Waals surface area contributed by atoms with Gasteiger partial charge in [-0.05, 0) is 42.2 Å². The zero-order valence-corrected chi connectivity index (χ0v) is 15.5. The summed E-state index contributed by atoms with van der Waals surface area (Å²) in [6.07, 6.45) is 10.5. The maximum Gasteiger partial charge on any atom is 0.266 e. The van der Waals surface area contributed by atoms with E-state index in [0.717, 1.165) is 35.5 Å². The number of methoxy groups -OCH3 is 1. The van der Waals surface area contributed by atoms with Crippen molar-refractivity contribution in [3.05, 3.63) is 70.9 Å². The van der Waals surface area contributed by atoms with Gasteiger partial charge in [0.15, 0.2) is 0 Å². The minimum absolute atomic E-state index is 0.0407. The molecule has 0 atom stereocenters. The van der Waals surface area contributed by atoms with Crippen molar-refractivity contribution < 1.29 is 4.74 Å². The topological polar surface area (TPSA) is 57.0 Å². The van der Waals surface area contributed by atoms with E-state index in [1.54, 1.807) is 17.9 Å². The first-order valence-corrected chi connectivity index (χ1v) is 9.15. The molecule has 2 heterocycles. The van der Waals surface area contributed by atoms with Gasteiger partial charge in [-0.3, -0.25) is 9.36 Å². The fourth-order valence-corrected chi connectivity index (χ4v) is 3.47. The summed E-state index contributed by atoms with van der Waals surface area (Å²) in [4.78, 5) is 22.5. The predicted octanol–water partition coefficient (Wildman–Crippen LogP) is 4.22. The standard InChI is InChI=1S/C22H21N3O2/c1-3-19-24-18-11-7-10-17(15-12-13-23-20(14-15)27-2)21(18)22(26)25(19)16-8-5-4-6-9-16/h5,7-14H,3-4,6H2,1-2H3. The number of ether oxygens (including phenoxy) is 1. The SMILES string of the molecule is CCc1nc2cccc(-c3ccnc(OC)c3)c2c(=O)n1C1=CCCC=C1. The van der Waals surface area contributed by atoms with Gasteiger partial charge in [-0.1, -0.05) is 31.2 Å². The average molecular weight is 359 g/mol. The molecule has 27 heavy (non-hydrogen) atoms. The van der Waals surface area contributed by atoms with Gasteiger partial charge >= 0.3 is 0 Å². The van der Waals surface area contributed by atoms with Gasteiger partial charge in [-0.2, -0.15) is 0 Å². The molecule has 0 spiro atoms. The summed E-state index contributed by atoms with van der Waals surface area (Å²) in [5.41, 5.74) is 3.29. The maximum atomic E-state index is 13.6. The van der Waals surface area contributed by atoms with E-state index < -0.39 is 0 Å². The van der Waals surface area contributed by atoms with Crippen molar-refractivity contribution in [2.75, 3.05) is 7.11 Å². The molecule has 0 fully saturated rings. The molecule has 4 rings (SSSR count). The largest absolute Gasteiger partial charge is 0.481 e. The first-order chi connectivity index (χ1) is 13.2. The lowest BCUT2D eigenvalue weighted by Gasteiger charge is -2.16. The van der Waals surface area contributed by atoms with E-state index in [0.29, 0.717) is 23.2 Å². The third-order valence-electron chi connectivity index (χ3n) is 4.77. The summed E-state index contributed by atoms with van der Waals surface area (Å²) in [5.74, 6) is 1.29. The molecule has 3 aromatic rings. The van der Waals surface area contributed by atoms with Gasteiger partial charge in [-0.25, -0.2) is 9.97 Å². The highest BCUT2D eigenvalue weighted by molar-refractivity contribution is 5.94. The van der Waals surface area contributed by atoms with Crippen LogP contribution in [-0.2, 0) is 6.42 Å². The molecule has 0 radical (unpaired) electrons. The molecule has 0 saturated carbocycles. The van der Waals surface area contributed by atoms with Crippen molar-refractivity contribution >= 4 is 16.6 Å². The number of allylic oxidation sites excluding steroid dienone is 4. The lowest BCUT2D eigenvalue weighted by molar-refractivity contribution is 0.398. The smallest absolute Gasteiger partial charge is 0.266 e. The van der Waals surface area contributed by atoms with E-state index in [4.69, 9.17) is 9.72 Å². The van der Waals surface area contributed by atoms with Gasteiger partial charge in [0.05, 0.1) is 18.0 Å². The zero-order valence-electron chi connectivity index (χ0n) is 15.5. The molecule has 2 aromatic heterocycles. The minimum Gasteiger partial charge on any atom is -0.481 e. The zero-order chi connectivity index (χ0) is 18.8. The van der Waals surface area contributed by atoms with Gasteiger partial charge in [0.2, 0.25) is 5.88 Å². The van der Waals surface area contributed by atoms with E-state index in [9.17, 15) is 4.79 Å². The Kier molecular flexibility index (Phi) is 4.59. The highest BCUT2D eigenvalue weighted by Gasteiger charge is 2.16. The Hall–Kier alpha value is -3.21. The van der Waals surface area contributed by atoms with Crippen LogP contribution < -0.4 is 10.3 Å². The number of hydrogen-bond acceptors (Lipinski definition) is 4. The van der Waals surface area contributed by atoms with Gasteiger partial charge in [-0.15, -0.1) is 0 Å². The molecule has 0 N–H and O–H groups in total. The summed E-state index contributed by atoms with van der Waals surface area (Å²) in [6, 6.07) is 9.50. The second-order valence-corrected chi connectivity index (χ2v) is 6.42.